The quantitative estimate of drug-likeness (QED) is 0.907. The number of nitrogens with one attached hydrogen (secondary N) is 1. The first-order valence-corrected chi connectivity index (χ1v) is 6.04. The highest BCUT2D eigenvalue weighted by Crippen LogP contribution is 2.26. The molecule has 0 aliphatic rings. The van der Waals surface area contributed by atoms with Crippen molar-refractivity contribution >= 4 is 11.4 Å². The molecule has 0 fully saturated rings. The van der Waals surface area contributed by atoms with Crippen LogP contribution in [0.25, 0.3) is 0 Å². The average Bonchev–Trinajstić information content (AvgIpc) is 2.39. The molecule has 0 amide bonds. The Morgan fingerprint density at radius 3 is 2.32 bits per heavy atom. The number of halogens is 2. The molecular formula is C15H16F2N2. The maximum absolute atomic E-state index is 14.0. The number of rotatable bonds is 4. The first-order chi connectivity index (χ1) is 9.11. The van der Waals surface area contributed by atoms with E-state index in [4.69, 9.17) is 0 Å². The van der Waals surface area contributed by atoms with Crippen molar-refractivity contribution in [2.45, 2.75) is 6.54 Å². The van der Waals surface area contributed by atoms with Gasteiger partial charge in [0.15, 0.2) is 0 Å². The molecule has 0 aromatic heterocycles. The van der Waals surface area contributed by atoms with Crippen LogP contribution in [0.5, 0.6) is 0 Å². The highest BCUT2D eigenvalue weighted by Gasteiger charge is 2.10. The maximum Gasteiger partial charge on any atom is 0.147 e. The van der Waals surface area contributed by atoms with Crippen LogP contribution in [0.3, 0.4) is 0 Å². The largest absolute Gasteiger partial charge is 0.342 e. The SMILES string of the molecule is CNCc1ccc(N(C)c2ccc(F)cc2)c(F)c1. The van der Waals surface area contributed by atoms with Crippen LogP contribution in [0.4, 0.5) is 20.2 Å². The molecule has 2 rings (SSSR count). The molecule has 4 heteroatoms. The second-order valence-electron chi connectivity index (χ2n) is 4.35. The number of hydrogen-bond acceptors (Lipinski definition) is 2. The maximum atomic E-state index is 14.0. The van der Waals surface area contributed by atoms with Crippen LogP contribution in [-0.4, -0.2) is 14.1 Å². The number of benzene rings is 2. The number of hydrogen-bond donors (Lipinski definition) is 1. The van der Waals surface area contributed by atoms with E-state index >= 15 is 0 Å². The van der Waals surface area contributed by atoms with Crippen molar-refractivity contribution in [1.82, 2.24) is 5.32 Å². The molecule has 0 saturated heterocycles. The lowest BCUT2D eigenvalue weighted by Crippen LogP contribution is -2.12. The minimum Gasteiger partial charge on any atom is -0.342 e. The Morgan fingerprint density at radius 1 is 1.05 bits per heavy atom. The molecule has 0 radical (unpaired) electrons. The van der Waals surface area contributed by atoms with E-state index in [0.717, 1.165) is 11.3 Å². The van der Waals surface area contributed by atoms with Gasteiger partial charge in [-0.1, -0.05) is 6.07 Å². The third-order valence-corrected chi connectivity index (χ3v) is 2.97. The van der Waals surface area contributed by atoms with Gasteiger partial charge in [-0.3, -0.25) is 0 Å². The fraction of sp³-hybridized carbons (Fsp3) is 0.200. The monoisotopic (exact) mass is 262 g/mol. The van der Waals surface area contributed by atoms with Crippen LogP contribution < -0.4 is 10.2 Å². The van der Waals surface area contributed by atoms with E-state index < -0.39 is 0 Å². The zero-order valence-electron chi connectivity index (χ0n) is 11.0. The molecule has 0 aliphatic heterocycles. The second kappa shape index (κ2) is 5.80. The summed E-state index contributed by atoms with van der Waals surface area (Å²) in [7, 11) is 3.57. The highest BCUT2D eigenvalue weighted by atomic mass is 19.1. The third-order valence-electron chi connectivity index (χ3n) is 2.97. The van der Waals surface area contributed by atoms with Crippen LogP contribution in [0.2, 0.25) is 0 Å². The summed E-state index contributed by atoms with van der Waals surface area (Å²) in [5.41, 5.74) is 2.09. The summed E-state index contributed by atoms with van der Waals surface area (Å²) in [6.07, 6.45) is 0. The zero-order chi connectivity index (χ0) is 13.8. The first-order valence-electron chi connectivity index (χ1n) is 6.04. The first kappa shape index (κ1) is 13.5. The van der Waals surface area contributed by atoms with Crippen molar-refractivity contribution in [2.75, 3.05) is 19.0 Å². The van der Waals surface area contributed by atoms with Crippen molar-refractivity contribution in [2.24, 2.45) is 0 Å². The van der Waals surface area contributed by atoms with Crippen LogP contribution in [0.1, 0.15) is 5.56 Å². The van der Waals surface area contributed by atoms with Crippen molar-refractivity contribution in [3.05, 3.63) is 59.7 Å². The van der Waals surface area contributed by atoms with Gasteiger partial charge in [-0.25, -0.2) is 8.78 Å². The van der Waals surface area contributed by atoms with E-state index in [0.29, 0.717) is 12.2 Å². The predicted molar refractivity (Wildman–Crippen MR) is 73.6 cm³/mol. The number of anilines is 2. The van der Waals surface area contributed by atoms with E-state index in [1.165, 1.54) is 18.2 Å². The van der Waals surface area contributed by atoms with Gasteiger partial charge in [0.1, 0.15) is 11.6 Å². The Kier molecular flexibility index (Phi) is 4.12. The fourth-order valence-electron chi connectivity index (χ4n) is 1.94. The second-order valence-corrected chi connectivity index (χ2v) is 4.35. The van der Waals surface area contributed by atoms with Gasteiger partial charge in [-0.15, -0.1) is 0 Å². The van der Waals surface area contributed by atoms with Crippen LogP contribution in [0, 0.1) is 11.6 Å². The average molecular weight is 262 g/mol. The molecule has 0 aliphatic carbocycles. The molecule has 0 spiro atoms. The van der Waals surface area contributed by atoms with Crippen molar-refractivity contribution in [1.29, 1.82) is 0 Å². The van der Waals surface area contributed by atoms with Crippen molar-refractivity contribution in [3.63, 3.8) is 0 Å². The van der Waals surface area contributed by atoms with E-state index in [-0.39, 0.29) is 11.6 Å². The Balaban J connectivity index is 2.28. The lowest BCUT2D eigenvalue weighted by molar-refractivity contribution is 0.623. The summed E-state index contributed by atoms with van der Waals surface area (Å²) >= 11 is 0. The summed E-state index contributed by atoms with van der Waals surface area (Å²) in [6.45, 7) is 0.622. The van der Waals surface area contributed by atoms with Crippen LogP contribution in [0.15, 0.2) is 42.5 Å². The smallest absolute Gasteiger partial charge is 0.147 e. The van der Waals surface area contributed by atoms with Gasteiger partial charge >= 0.3 is 0 Å². The zero-order valence-corrected chi connectivity index (χ0v) is 11.0. The summed E-state index contributed by atoms with van der Waals surface area (Å²) in [5.74, 6) is -0.596. The summed E-state index contributed by atoms with van der Waals surface area (Å²) in [4.78, 5) is 1.69. The van der Waals surface area contributed by atoms with Gasteiger partial charge < -0.3 is 10.2 Å². The molecule has 1 N–H and O–H groups in total. The molecule has 2 aromatic rings. The Morgan fingerprint density at radius 2 is 1.74 bits per heavy atom. The Labute approximate surface area is 111 Å². The van der Waals surface area contributed by atoms with E-state index in [2.05, 4.69) is 5.32 Å². The Hall–Kier alpha value is -1.94. The normalized spacial score (nSPS) is 10.5. The van der Waals surface area contributed by atoms with Crippen LogP contribution >= 0.6 is 0 Å². The lowest BCUT2D eigenvalue weighted by atomic mass is 10.1. The number of nitrogens with zero attached hydrogens (tertiary/aromatic N) is 1. The predicted octanol–water partition coefficient (Wildman–Crippen LogP) is 3.45. The van der Waals surface area contributed by atoms with E-state index in [9.17, 15) is 8.78 Å². The molecule has 0 atom stereocenters. The highest BCUT2D eigenvalue weighted by molar-refractivity contribution is 5.63. The van der Waals surface area contributed by atoms with Gasteiger partial charge in [-0.05, 0) is 49.0 Å². The minimum absolute atomic E-state index is 0.292. The molecule has 0 bridgehead atoms. The Bertz CT molecular complexity index is 553. The van der Waals surface area contributed by atoms with E-state index in [1.807, 2.05) is 13.1 Å². The lowest BCUT2D eigenvalue weighted by Gasteiger charge is -2.20. The van der Waals surface area contributed by atoms with Crippen molar-refractivity contribution < 1.29 is 8.78 Å². The third kappa shape index (κ3) is 3.09. The van der Waals surface area contributed by atoms with Crippen molar-refractivity contribution in [3.8, 4) is 0 Å². The molecule has 0 saturated carbocycles. The van der Waals surface area contributed by atoms with Gasteiger partial charge in [-0.2, -0.15) is 0 Å². The minimum atomic E-state index is -0.304. The fourth-order valence-corrected chi connectivity index (χ4v) is 1.94. The summed E-state index contributed by atoms with van der Waals surface area (Å²) in [6, 6.07) is 11.1. The molecule has 19 heavy (non-hydrogen) atoms. The summed E-state index contributed by atoms with van der Waals surface area (Å²) in [5, 5.41) is 2.98. The topological polar surface area (TPSA) is 15.3 Å². The molecule has 2 aromatic carbocycles. The van der Waals surface area contributed by atoms with Gasteiger partial charge in [0.2, 0.25) is 0 Å². The summed E-state index contributed by atoms with van der Waals surface area (Å²) < 4.78 is 26.9. The van der Waals surface area contributed by atoms with Gasteiger partial charge in [0.05, 0.1) is 5.69 Å². The molecule has 2 nitrogen and oxygen atoms in total. The van der Waals surface area contributed by atoms with E-state index in [1.54, 1.807) is 30.1 Å². The molecule has 0 heterocycles. The van der Waals surface area contributed by atoms with Gasteiger partial charge in [0, 0.05) is 19.3 Å². The molecule has 0 unspecified atom stereocenters. The standard InChI is InChI=1S/C15H16F2N2/c1-18-10-11-3-8-15(14(17)9-11)19(2)13-6-4-12(16)5-7-13/h3-9,18H,10H2,1-2H3. The van der Waals surface area contributed by atoms with Crippen LogP contribution in [-0.2, 0) is 6.54 Å². The molecule has 100 valence electrons. The molecular weight excluding hydrogens is 246 g/mol. The van der Waals surface area contributed by atoms with Gasteiger partial charge in [0.25, 0.3) is 0 Å².